The molecule has 2 aliphatic carbocycles. The summed E-state index contributed by atoms with van der Waals surface area (Å²) in [5.41, 5.74) is -4.60. The number of fused-ring (bicyclic) bond motifs is 3. The van der Waals surface area contributed by atoms with Crippen molar-refractivity contribution in [3.8, 4) is 0 Å². The summed E-state index contributed by atoms with van der Waals surface area (Å²) in [5.74, 6) is -3.30. The van der Waals surface area contributed by atoms with Crippen molar-refractivity contribution < 1.29 is 34.4 Å². The molecular formula is C26H42N2O7. The van der Waals surface area contributed by atoms with Crippen LogP contribution in [0, 0.1) is 16.7 Å². The van der Waals surface area contributed by atoms with Crippen molar-refractivity contribution in [2.75, 3.05) is 13.1 Å². The van der Waals surface area contributed by atoms with Gasteiger partial charge in [0.25, 0.3) is 0 Å². The zero-order valence-corrected chi connectivity index (χ0v) is 21.7. The quantitative estimate of drug-likeness (QED) is 0.348. The Hall–Kier alpha value is -1.52. The highest BCUT2D eigenvalue weighted by molar-refractivity contribution is 5.92. The minimum atomic E-state index is -2.33. The molecule has 0 unspecified atom stereocenters. The number of piperidine rings is 1. The van der Waals surface area contributed by atoms with Crippen LogP contribution in [0.25, 0.3) is 0 Å². The Morgan fingerprint density at radius 3 is 2.37 bits per heavy atom. The van der Waals surface area contributed by atoms with Crippen LogP contribution in [0.2, 0.25) is 0 Å². The van der Waals surface area contributed by atoms with E-state index >= 15 is 0 Å². The monoisotopic (exact) mass is 494 g/mol. The molecule has 4 fully saturated rings. The van der Waals surface area contributed by atoms with Crippen LogP contribution in [0.1, 0.15) is 79.6 Å². The van der Waals surface area contributed by atoms with Gasteiger partial charge in [0.1, 0.15) is 5.60 Å². The number of nitrogens with zero attached hydrogens (tertiary/aromatic N) is 1. The van der Waals surface area contributed by atoms with E-state index in [2.05, 4.69) is 12.0 Å². The summed E-state index contributed by atoms with van der Waals surface area (Å²) < 4.78 is 12.1. The predicted octanol–water partition coefficient (Wildman–Crippen LogP) is 2.43. The van der Waals surface area contributed by atoms with Gasteiger partial charge in [0.15, 0.2) is 11.4 Å². The minimum absolute atomic E-state index is 0.0287. The number of aliphatic hydroxyl groups excluding tert-OH is 1. The number of hydrogen-bond donors (Lipinski definition) is 4. The topological polar surface area (TPSA) is 129 Å². The van der Waals surface area contributed by atoms with Gasteiger partial charge < -0.3 is 24.8 Å². The van der Waals surface area contributed by atoms with E-state index in [0.29, 0.717) is 19.5 Å². The Morgan fingerprint density at radius 1 is 1.14 bits per heavy atom. The van der Waals surface area contributed by atoms with E-state index in [9.17, 15) is 24.9 Å². The standard InChI is InChI=1S/C26H42N2O7/c1-7-22(4)16-19(30)26(33)23(5)17(15-18(29)24(26,6)35-22)21(2,3)11-12-25(23,32)34-20(31)27-28-13-9-8-10-14-28/h7,17-18,29,32-33H,1,8-16H2,2-6H3,(H,27,31)/t17-,18-,22-,23+,24+,25+,26-/m0/s1. The van der Waals surface area contributed by atoms with Crippen LogP contribution in [0.15, 0.2) is 12.7 Å². The van der Waals surface area contributed by atoms with E-state index in [1.807, 2.05) is 13.8 Å². The molecule has 9 heteroatoms. The Kier molecular flexibility index (Phi) is 6.25. The van der Waals surface area contributed by atoms with Gasteiger partial charge in [-0.1, -0.05) is 26.3 Å². The minimum Gasteiger partial charge on any atom is -0.415 e. The summed E-state index contributed by atoms with van der Waals surface area (Å²) in [6.07, 6.45) is 2.92. The molecule has 2 aliphatic heterocycles. The maximum absolute atomic E-state index is 13.9. The third-order valence-electron chi connectivity index (χ3n) is 9.78. The molecule has 0 bridgehead atoms. The van der Waals surface area contributed by atoms with E-state index in [4.69, 9.17) is 9.47 Å². The second kappa shape index (κ2) is 8.25. The first kappa shape index (κ1) is 26.5. The lowest BCUT2D eigenvalue weighted by Crippen LogP contribution is -2.86. The molecule has 35 heavy (non-hydrogen) atoms. The highest BCUT2D eigenvalue weighted by Gasteiger charge is 2.82. The van der Waals surface area contributed by atoms with Gasteiger partial charge in [0.05, 0.1) is 17.1 Å². The average molecular weight is 495 g/mol. The molecule has 0 aromatic carbocycles. The van der Waals surface area contributed by atoms with Gasteiger partial charge in [-0.2, -0.15) is 0 Å². The Labute approximate surface area is 207 Å². The van der Waals surface area contributed by atoms with E-state index in [-0.39, 0.29) is 19.3 Å². The number of carbonyl (C=O) groups excluding carboxylic acids is 2. The molecule has 9 nitrogen and oxygen atoms in total. The van der Waals surface area contributed by atoms with Crippen LogP contribution >= 0.6 is 0 Å². The zero-order valence-electron chi connectivity index (χ0n) is 21.7. The van der Waals surface area contributed by atoms with Crippen LogP contribution in [0.4, 0.5) is 4.79 Å². The molecule has 2 saturated carbocycles. The lowest BCUT2D eigenvalue weighted by atomic mass is 9.39. The summed E-state index contributed by atoms with van der Waals surface area (Å²) in [7, 11) is 0. The molecule has 1 amide bonds. The van der Waals surface area contributed by atoms with Gasteiger partial charge in [0.2, 0.25) is 5.79 Å². The van der Waals surface area contributed by atoms with E-state index in [1.54, 1.807) is 18.9 Å². The molecule has 0 aromatic rings. The van der Waals surface area contributed by atoms with Crippen LogP contribution in [-0.4, -0.2) is 74.0 Å². The third-order valence-corrected chi connectivity index (χ3v) is 9.78. The smallest absolute Gasteiger partial charge is 0.415 e. The van der Waals surface area contributed by atoms with Crippen molar-refractivity contribution in [1.82, 2.24) is 10.4 Å². The summed E-state index contributed by atoms with van der Waals surface area (Å²) in [6.45, 7) is 13.9. The first-order valence-corrected chi connectivity index (χ1v) is 12.8. The number of carbonyl (C=O) groups is 2. The SMILES string of the molecule is C=C[C@@]1(C)CC(=O)[C@]2(O)[C@]3(C)[C@@H](C[C@H](O)[C@@]2(C)O1)C(C)(C)CC[C@@]3(O)OC(=O)NN1CCCCC1. The van der Waals surface area contributed by atoms with Crippen LogP contribution in [0.5, 0.6) is 0 Å². The Morgan fingerprint density at radius 2 is 1.77 bits per heavy atom. The van der Waals surface area contributed by atoms with E-state index in [1.165, 1.54) is 13.0 Å². The largest absolute Gasteiger partial charge is 0.424 e. The van der Waals surface area contributed by atoms with Gasteiger partial charge in [-0.25, -0.2) is 9.80 Å². The first-order chi connectivity index (χ1) is 16.1. The summed E-state index contributed by atoms with van der Waals surface area (Å²) in [6, 6.07) is 0. The molecule has 0 radical (unpaired) electrons. The van der Waals surface area contributed by atoms with Gasteiger partial charge >= 0.3 is 6.09 Å². The van der Waals surface area contributed by atoms with E-state index in [0.717, 1.165) is 19.3 Å². The van der Waals surface area contributed by atoms with Gasteiger partial charge in [-0.3, -0.25) is 10.2 Å². The summed E-state index contributed by atoms with van der Waals surface area (Å²) in [4.78, 5) is 26.9. The molecule has 7 atom stereocenters. The maximum atomic E-state index is 13.9. The maximum Gasteiger partial charge on any atom is 0.424 e. The molecular weight excluding hydrogens is 452 g/mol. The van der Waals surface area contributed by atoms with Gasteiger partial charge in [-0.05, 0) is 57.8 Å². The fraction of sp³-hybridized carbons (Fsp3) is 0.846. The number of amides is 1. The zero-order chi connectivity index (χ0) is 26.1. The molecule has 0 aromatic heterocycles. The fourth-order valence-corrected chi connectivity index (χ4v) is 7.53. The van der Waals surface area contributed by atoms with E-state index < -0.39 is 57.3 Å². The first-order valence-electron chi connectivity index (χ1n) is 12.8. The molecule has 4 N–H and O–H groups in total. The van der Waals surface area contributed by atoms with Crippen molar-refractivity contribution in [2.45, 2.75) is 108 Å². The average Bonchev–Trinajstić information content (AvgIpc) is 2.77. The number of nitrogens with one attached hydrogen (secondary N) is 1. The van der Waals surface area contributed by atoms with Crippen LogP contribution in [0.3, 0.4) is 0 Å². The highest BCUT2D eigenvalue weighted by atomic mass is 16.7. The number of hydrazine groups is 1. The van der Waals surface area contributed by atoms with Gasteiger partial charge in [-0.15, -0.1) is 6.58 Å². The normalized spacial score (nSPS) is 47.8. The second-order valence-corrected chi connectivity index (χ2v) is 12.4. The van der Waals surface area contributed by atoms with Crippen molar-refractivity contribution in [3.63, 3.8) is 0 Å². The van der Waals surface area contributed by atoms with Crippen molar-refractivity contribution in [1.29, 1.82) is 0 Å². The highest BCUT2D eigenvalue weighted by Crippen LogP contribution is 2.69. The molecule has 4 aliphatic rings. The van der Waals surface area contributed by atoms with Crippen molar-refractivity contribution in [3.05, 3.63) is 12.7 Å². The third kappa shape index (κ3) is 3.61. The fourth-order valence-electron chi connectivity index (χ4n) is 7.53. The number of Topliss-reactive ketones (excluding diaryl/α,β-unsaturated/α-hetero) is 1. The molecule has 4 rings (SSSR count). The molecule has 0 spiro atoms. The second-order valence-electron chi connectivity index (χ2n) is 12.4. The molecule has 198 valence electrons. The van der Waals surface area contributed by atoms with Crippen molar-refractivity contribution >= 4 is 11.9 Å². The predicted molar refractivity (Wildman–Crippen MR) is 128 cm³/mol. The Bertz CT molecular complexity index is 904. The van der Waals surface area contributed by atoms with Crippen molar-refractivity contribution in [2.24, 2.45) is 16.7 Å². The van der Waals surface area contributed by atoms with Crippen LogP contribution in [-0.2, 0) is 14.3 Å². The molecule has 2 heterocycles. The lowest BCUT2D eigenvalue weighted by molar-refractivity contribution is -0.400. The van der Waals surface area contributed by atoms with Gasteiger partial charge in [0, 0.05) is 25.9 Å². The number of rotatable bonds is 3. The number of aliphatic hydroxyl groups is 3. The Balaban J connectivity index is 1.79. The summed E-state index contributed by atoms with van der Waals surface area (Å²) >= 11 is 0. The number of ether oxygens (including phenoxy) is 2. The summed E-state index contributed by atoms with van der Waals surface area (Å²) in [5, 5.41) is 37.6. The van der Waals surface area contributed by atoms with Crippen LogP contribution < -0.4 is 5.43 Å². The number of ketones is 1. The lowest BCUT2D eigenvalue weighted by Gasteiger charge is -2.71. The number of hydrogen-bond acceptors (Lipinski definition) is 8. The molecule has 2 saturated heterocycles.